The number of aromatic amines is 1. The lowest BCUT2D eigenvalue weighted by molar-refractivity contribution is 0.282. The highest BCUT2D eigenvalue weighted by molar-refractivity contribution is 6.07. The Kier molecular flexibility index (Phi) is 13.2. The molecule has 0 spiro atoms. The summed E-state index contributed by atoms with van der Waals surface area (Å²) < 4.78 is 31.4. The van der Waals surface area contributed by atoms with Gasteiger partial charge in [0.25, 0.3) is 0 Å². The number of ether oxygens (including phenoxy) is 3. The van der Waals surface area contributed by atoms with E-state index in [9.17, 15) is 0 Å². The van der Waals surface area contributed by atoms with Crippen molar-refractivity contribution in [2.24, 2.45) is 0 Å². The zero-order valence-electron chi connectivity index (χ0n) is 40.5. The van der Waals surface area contributed by atoms with Crippen LogP contribution in [0.3, 0.4) is 0 Å². The van der Waals surface area contributed by atoms with Crippen molar-refractivity contribution in [1.82, 2.24) is 25.4 Å². The normalized spacial score (nSPS) is 11.7. The number of nitrogens with zero attached hydrogens (tertiary/aromatic N) is 4. The Bertz CT molecular complexity index is 3140. The van der Waals surface area contributed by atoms with Crippen LogP contribution in [-0.4, -0.2) is 25.4 Å². The molecule has 0 amide bonds. The first kappa shape index (κ1) is 46.1. The Morgan fingerprint density at radius 1 is 0.391 bits per heavy atom. The molecule has 10 aromatic rings. The van der Waals surface area contributed by atoms with E-state index >= 15 is 0 Å². The van der Waals surface area contributed by atoms with Crippen LogP contribution in [0.2, 0.25) is 0 Å². The third kappa shape index (κ3) is 10.8. The summed E-state index contributed by atoms with van der Waals surface area (Å²) in [6.45, 7) is 18.1. The molecule has 0 aliphatic heterocycles. The summed E-state index contributed by atoms with van der Waals surface area (Å²) in [5.74, 6) is 3.94. The van der Waals surface area contributed by atoms with Gasteiger partial charge >= 0.3 is 0 Å². The predicted octanol–water partition coefficient (Wildman–Crippen LogP) is 15.1. The second-order valence-electron chi connectivity index (χ2n) is 18.9. The third-order valence-electron chi connectivity index (χ3n) is 11.9. The molecule has 3 heterocycles. The molecule has 0 saturated heterocycles. The molecule has 0 radical (unpaired) electrons. The SMILES string of the molecule is CC.CC(C)(C)c1ccc(-c2nnc(-c3ccc(COc4cc(COc5ccc6c(c5)[nH]c5ccccc56)cc(OCc5ccc(-c6nnc(-c7ccc(C(C)(C)C)cc7)o6)cc5)c4)cc3)o2)cc1. The first-order valence-electron chi connectivity index (χ1n) is 23.5. The van der Waals surface area contributed by atoms with E-state index in [4.69, 9.17) is 23.0 Å². The van der Waals surface area contributed by atoms with Crippen molar-refractivity contribution < 1.29 is 23.0 Å². The molecule has 3 aromatic heterocycles. The first-order valence-corrected chi connectivity index (χ1v) is 23.5. The zero-order chi connectivity index (χ0) is 48.1. The van der Waals surface area contributed by atoms with Crippen LogP contribution in [-0.2, 0) is 30.7 Å². The maximum Gasteiger partial charge on any atom is 0.248 e. The van der Waals surface area contributed by atoms with Gasteiger partial charge in [-0.25, -0.2) is 0 Å². The Balaban J connectivity index is 0.00000293. The molecule has 0 aliphatic rings. The summed E-state index contributed by atoms with van der Waals surface area (Å²) in [5.41, 5.74) is 11.0. The molecule has 0 bridgehead atoms. The Morgan fingerprint density at radius 3 is 1.23 bits per heavy atom. The lowest BCUT2D eigenvalue weighted by atomic mass is 9.87. The highest BCUT2D eigenvalue weighted by atomic mass is 16.5. The summed E-state index contributed by atoms with van der Waals surface area (Å²) in [4.78, 5) is 3.51. The van der Waals surface area contributed by atoms with Gasteiger partial charge in [0.1, 0.15) is 37.1 Å². The zero-order valence-corrected chi connectivity index (χ0v) is 40.5. The Morgan fingerprint density at radius 2 is 0.783 bits per heavy atom. The fraction of sp³-hybridized carbons (Fsp3) is 0.220. The third-order valence-corrected chi connectivity index (χ3v) is 11.9. The van der Waals surface area contributed by atoms with Gasteiger partial charge in [-0.3, -0.25) is 0 Å². The van der Waals surface area contributed by atoms with E-state index in [0.717, 1.165) is 61.1 Å². The molecule has 10 nitrogen and oxygen atoms in total. The smallest absolute Gasteiger partial charge is 0.248 e. The number of benzene rings is 7. The maximum atomic E-state index is 6.41. The monoisotopic (exact) mass is 915 g/mol. The van der Waals surface area contributed by atoms with Crippen LogP contribution in [0.25, 0.3) is 67.6 Å². The van der Waals surface area contributed by atoms with Crippen LogP contribution in [0.1, 0.15) is 83.2 Å². The lowest BCUT2D eigenvalue weighted by Gasteiger charge is -2.18. The van der Waals surface area contributed by atoms with E-state index in [0.29, 0.717) is 54.9 Å². The molecular formula is C59H57N5O5. The molecule has 7 aromatic carbocycles. The fourth-order valence-electron chi connectivity index (χ4n) is 7.93. The van der Waals surface area contributed by atoms with Gasteiger partial charge in [0.05, 0.1) is 5.52 Å². The second kappa shape index (κ2) is 19.7. The van der Waals surface area contributed by atoms with Crippen molar-refractivity contribution in [1.29, 1.82) is 0 Å². The average Bonchev–Trinajstić information content (AvgIpc) is 4.15. The highest BCUT2D eigenvalue weighted by Gasteiger charge is 2.18. The van der Waals surface area contributed by atoms with Crippen molar-refractivity contribution >= 4 is 21.8 Å². The molecule has 10 heteroatoms. The van der Waals surface area contributed by atoms with Gasteiger partial charge in [0.2, 0.25) is 23.6 Å². The summed E-state index contributed by atoms with van der Waals surface area (Å²) in [5, 5.41) is 19.6. The molecule has 10 rings (SSSR count). The molecule has 0 fully saturated rings. The van der Waals surface area contributed by atoms with Crippen molar-refractivity contribution in [2.45, 2.75) is 86.0 Å². The van der Waals surface area contributed by atoms with Crippen LogP contribution in [0, 0.1) is 0 Å². The molecule has 0 unspecified atom stereocenters. The maximum absolute atomic E-state index is 6.41. The number of nitrogens with one attached hydrogen (secondary N) is 1. The topological polar surface area (TPSA) is 121 Å². The fourth-order valence-corrected chi connectivity index (χ4v) is 7.93. The number of aromatic nitrogens is 5. The van der Waals surface area contributed by atoms with Crippen LogP contribution in [0.4, 0.5) is 0 Å². The number of rotatable bonds is 13. The molecule has 0 aliphatic carbocycles. The van der Waals surface area contributed by atoms with Crippen LogP contribution < -0.4 is 14.2 Å². The standard InChI is InChI=1S/C57H51N5O5.C2H6/c1-56(2,3)43-23-19-41(20-24-43)54-61-59-52(66-54)39-15-11-36(12-16-39)33-64-46-29-38(35-63-45-27-28-49-48-9-7-8-10-50(48)58-51(49)32-45)30-47(31-46)65-34-37-13-17-40(18-14-37)53-60-62-55(67-53)42-21-25-44(26-22-42)57(4,5)6;1-2/h7-32,58H,33-35H2,1-6H3;1-2H3. The molecule has 0 atom stereocenters. The number of hydrogen-bond donors (Lipinski definition) is 1. The van der Waals surface area contributed by atoms with E-state index < -0.39 is 0 Å². The van der Waals surface area contributed by atoms with Crippen molar-refractivity contribution in [2.75, 3.05) is 0 Å². The summed E-state index contributed by atoms with van der Waals surface area (Å²) in [7, 11) is 0. The molecule has 1 N–H and O–H groups in total. The van der Waals surface area contributed by atoms with E-state index in [2.05, 4.69) is 115 Å². The number of fused-ring (bicyclic) bond motifs is 3. The minimum absolute atomic E-state index is 0.0616. The van der Waals surface area contributed by atoms with Gasteiger partial charge in [0, 0.05) is 50.7 Å². The number of hydrogen-bond acceptors (Lipinski definition) is 9. The van der Waals surface area contributed by atoms with Crippen molar-refractivity contribution in [3.63, 3.8) is 0 Å². The van der Waals surface area contributed by atoms with Gasteiger partial charge in [-0.05, 0) is 118 Å². The van der Waals surface area contributed by atoms with Crippen LogP contribution >= 0.6 is 0 Å². The van der Waals surface area contributed by atoms with Gasteiger partial charge < -0.3 is 28.0 Å². The van der Waals surface area contributed by atoms with Gasteiger partial charge in [0.15, 0.2) is 0 Å². The second-order valence-corrected chi connectivity index (χ2v) is 18.9. The lowest BCUT2D eigenvalue weighted by Crippen LogP contribution is -2.10. The molecular weight excluding hydrogens is 859 g/mol. The summed E-state index contributed by atoms with van der Waals surface area (Å²) >= 11 is 0. The molecule has 0 saturated carbocycles. The van der Waals surface area contributed by atoms with Crippen molar-refractivity contribution in [3.8, 4) is 63.1 Å². The van der Waals surface area contributed by atoms with Gasteiger partial charge in [-0.1, -0.05) is 122 Å². The summed E-state index contributed by atoms with van der Waals surface area (Å²) in [6.07, 6.45) is 0. The Labute approximate surface area is 403 Å². The van der Waals surface area contributed by atoms with Crippen LogP contribution in [0.5, 0.6) is 17.2 Å². The average molecular weight is 916 g/mol. The molecule has 348 valence electrons. The van der Waals surface area contributed by atoms with Gasteiger partial charge in [-0.15, -0.1) is 20.4 Å². The predicted molar refractivity (Wildman–Crippen MR) is 274 cm³/mol. The van der Waals surface area contributed by atoms with Gasteiger partial charge in [-0.2, -0.15) is 0 Å². The van der Waals surface area contributed by atoms with E-state index in [1.807, 2.05) is 123 Å². The number of para-hydroxylation sites is 1. The first-order chi connectivity index (χ1) is 33.4. The van der Waals surface area contributed by atoms with E-state index in [-0.39, 0.29) is 10.8 Å². The minimum Gasteiger partial charge on any atom is -0.489 e. The minimum atomic E-state index is 0.0616. The highest BCUT2D eigenvalue weighted by Crippen LogP contribution is 2.33. The largest absolute Gasteiger partial charge is 0.489 e. The summed E-state index contributed by atoms with van der Waals surface area (Å²) in [6, 6.07) is 52.8. The van der Waals surface area contributed by atoms with E-state index in [1.165, 1.54) is 16.5 Å². The quantitative estimate of drug-likeness (QED) is 0.120. The Hall–Kier alpha value is -7.98. The van der Waals surface area contributed by atoms with Crippen LogP contribution in [0.15, 0.2) is 167 Å². The van der Waals surface area contributed by atoms with Crippen molar-refractivity contribution in [3.05, 3.63) is 186 Å². The molecule has 69 heavy (non-hydrogen) atoms. The van der Waals surface area contributed by atoms with E-state index in [1.54, 1.807) is 0 Å². The number of H-pyrrole nitrogens is 1.